The van der Waals surface area contributed by atoms with Crippen LogP contribution in [0.5, 0.6) is 0 Å². The van der Waals surface area contributed by atoms with E-state index in [0.29, 0.717) is 48.4 Å². The number of carbonyl (C=O) groups excluding carboxylic acids is 1. The van der Waals surface area contributed by atoms with Gasteiger partial charge in [0.25, 0.3) is 0 Å². The van der Waals surface area contributed by atoms with Gasteiger partial charge in [0, 0.05) is 58.0 Å². The molecule has 2 aromatic rings. The van der Waals surface area contributed by atoms with Crippen molar-refractivity contribution in [1.82, 2.24) is 10.3 Å². The van der Waals surface area contributed by atoms with E-state index >= 15 is 0 Å². The zero-order valence-corrected chi connectivity index (χ0v) is 19.5. The van der Waals surface area contributed by atoms with Gasteiger partial charge in [0.05, 0.1) is 22.2 Å². The van der Waals surface area contributed by atoms with Crippen molar-refractivity contribution in [2.24, 2.45) is 5.92 Å². The number of hydrogen-bond acceptors (Lipinski definition) is 6. The third-order valence-corrected chi connectivity index (χ3v) is 6.79. The minimum Gasteiger partial charge on any atom is -0.381 e. The highest BCUT2D eigenvalue weighted by Gasteiger charge is 2.32. The van der Waals surface area contributed by atoms with Crippen LogP contribution in [0.4, 0.5) is 15.9 Å². The van der Waals surface area contributed by atoms with Crippen LogP contribution >= 0.6 is 11.6 Å². The van der Waals surface area contributed by atoms with Crippen LogP contribution in [0, 0.1) is 11.7 Å². The Morgan fingerprint density at radius 1 is 1.36 bits per heavy atom. The Morgan fingerprint density at radius 3 is 2.91 bits per heavy atom. The molecule has 4 rings (SSSR count). The first-order valence-corrected chi connectivity index (χ1v) is 11.7. The Balaban J connectivity index is 1.51. The Kier molecular flexibility index (Phi) is 7.80. The molecule has 1 aromatic carbocycles. The van der Waals surface area contributed by atoms with Gasteiger partial charge in [-0.2, -0.15) is 0 Å². The van der Waals surface area contributed by atoms with Crippen LogP contribution in [0.25, 0.3) is 11.1 Å². The molecular weight excluding hydrogens is 447 g/mol. The number of piperidine rings is 1. The summed E-state index contributed by atoms with van der Waals surface area (Å²) in [6.45, 7) is 3.31. The van der Waals surface area contributed by atoms with Gasteiger partial charge in [-0.1, -0.05) is 17.7 Å². The van der Waals surface area contributed by atoms with Crippen molar-refractivity contribution in [2.45, 2.75) is 31.3 Å². The van der Waals surface area contributed by atoms with Crippen molar-refractivity contribution < 1.29 is 18.7 Å². The van der Waals surface area contributed by atoms with Crippen molar-refractivity contribution in [3.63, 3.8) is 0 Å². The topological polar surface area (TPSA) is 84.5 Å². The van der Waals surface area contributed by atoms with Crippen LogP contribution < -0.4 is 16.0 Å². The fourth-order valence-corrected chi connectivity index (χ4v) is 4.53. The van der Waals surface area contributed by atoms with Crippen LogP contribution in [0.2, 0.25) is 5.02 Å². The van der Waals surface area contributed by atoms with Gasteiger partial charge in [-0.3, -0.25) is 4.79 Å². The van der Waals surface area contributed by atoms with Crippen LogP contribution in [-0.4, -0.2) is 56.5 Å². The van der Waals surface area contributed by atoms with Crippen molar-refractivity contribution >= 4 is 29.0 Å². The number of aromatic nitrogens is 1. The van der Waals surface area contributed by atoms with Crippen molar-refractivity contribution in [3.8, 4) is 11.1 Å². The molecule has 2 aliphatic heterocycles. The lowest BCUT2D eigenvalue weighted by Crippen LogP contribution is -2.44. The molecule has 2 saturated heterocycles. The fourth-order valence-electron chi connectivity index (χ4n) is 4.31. The highest BCUT2D eigenvalue weighted by molar-refractivity contribution is 6.33. The molecule has 0 radical (unpaired) electrons. The van der Waals surface area contributed by atoms with E-state index in [4.69, 9.17) is 21.1 Å². The molecule has 0 bridgehead atoms. The Morgan fingerprint density at radius 2 is 2.18 bits per heavy atom. The smallest absolute Gasteiger partial charge is 0.229 e. The SMILES string of the molecule is COC1(CNc2cc(-c3cc(NC(=O)[C@@H]4CCCNC4)ncc3Cl)ccc2F)CCOCC1. The van der Waals surface area contributed by atoms with E-state index in [9.17, 15) is 9.18 Å². The van der Waals surface area contributed by atoms with Gasteiger partial charge in [0.2, 0.25) is 5.91 Å². The van der Waals surface area contributed by atoms with E-state index in [1.807, 2.05) is 0 Å². The molecular formula is C24H30ClFN4O3. The number of methoxy groups -OCH3 is 1. The zero-order valence-electron chi connectivity index (χ0n) is 18.8. The average Bonchev–Trinajstić information content (AvgIpc) is 2.86. The third-order valence-electron chi connectivity index (χ3n) is 6.49. The minimum absolute atomic E-state index is 0.0641. The van der Waals surface area contributed by atoms with Gasteiger partial charge in [-0.15, -0.1) is 0 Å². The number of halogens is 2. The fraction of sp³-hybridized carbons (Fsp3) is 0.500. The predicted octanol–water partition coefficient (Wildman–Crippen LogP) is 4.09. The molecule has 0 saturated carbocycles. The quantitative estimate of drug-likeness (QED) is 0.558. The number of anilines is 2. The maximum atomic E-state index is 14.6. The first-order chi connectivity index (χ1) is 16.0. The molecule has 2 aliphatic rings. The van der Waals surface area contributed by atoms with Crippen molar-refractivity contribution in [2.75, 3.05) is 50.6 Å². The van der Waals surface area contributed by atoms with Crippen LogP contribution in [0.1, 0.15) is 25.7 Å². The summed E-state index contributed by atoms with van der Waals surface area (Å²) in [5, 5.41) is 9.75. The Hall–Kier alpha value is -2.26. The van der Waals surface area contributed by atoms with Crippen molar-refractivity contribution in [3.05, 3.63) is 41.3 Å². The predicted molar refractivity (Wildman–Crippen MR) is 127 cm³/mol. The minimum atomic E-state index is -0.388. The molecule has 1 atom stereocenters. The summed E-state index contributed by atoms with van der Waals surface area (Å²) in [7, 11) is 1.68. The number of rotatable bonds is 7. The number of benzene rings is 1. The van der Waals surface area contributed by atoms with Gasteiger partial charge < -0.3 is 25.4 Å². The second-order valence-electron chi connectivity index (χ2n) is 8.63. The molecule has 7 nitrogen and oxygen atoms in total. The lowest BCUT2D eigenvalue weighted by Gasteiger charge is -2.36. The van der Waals surface area contributed by atoms with Gasteiger partial charge in [0.15, 0.2) is 0 Å². The summed E-state index contributed by atoms with van der Waals surface area (Å²) < 4.78 is 25.8. The molecule has 0 spiro atoms. The van der Waals surface area contributed by atoms with Gasteiger partial charge in [0.1, 0.15) is 11.6 Å². The first-order valence-electron chi connectivity index (χ1n) is 11.3. The molecule has 1 aromatic heterocycles. The number of ether oxygens (including phenoxy) is 2. The summed E-state index contributed by atoms with van der Waals surface area (Å²) in [5.41, 5.74) is 1.36. The zero-order chi connectivity index (χ0) is 23.3. The summed E-state index contributed by atoms with van der Waals surface area (Å²) in [6, 6.07) is 6.52. The summed E-state index contributed by atoms with van der Waals surface area (Å²) in [4.78, 5) is 16.8. The molecule has 0 aliphatic carbocycles. The number of nitrogens with zero attached hydrogens (tertiary/aromatic N) is 1. The van der Waals surface area contributed by atoms with E-state index in [0.717, 1.165) is 37.8 Å². The number of pyridine rings is 1. The standard InChI is InChI=1S/C24H30ClFN4O3/c1-32-24(6-9-33-10-7-24)15-29-21-11-16(4-5-20(21)26)18-12-22(28-14-19(18)25)30-23(31)17-3-2-8-27-13-17/h4-5,11-12,14,17,27,29H,2-3,6-10,13,15H2,1H3,(H,28,30,31)/t17-/m1/s1. The van der Waals surface area contributed by atoms with Gasteiger partial charge in [-0.05, 0) is 43.1 Å². The molecule has 3 heterocycles. The number of amides is 1. The van der Waals surface area contributed by atoms with Crippen LogP contribution in [-0.2, 0) is 14.3 Å². The first kappa shape index (κ1) is 23.9. The molecule has 1 amide bonds. The highest BCUT2D eigenvalue weighted by Crippen LogP contribution is 2.33. The molecule has 178 valence electrons. The second-order valence-corrected chi connectivity index (χ2v) is 9.04. The number of nitrogens with one attached hydrogen (secondary N) is 3. The van der Waals surface area contributed by atoms with Crippen molar-refractivity contribution in [1.29, 1.82) is 0 Å². The molecule has 0 unspecified atom stereocenters. The molecule has 2 fully saturated rings. The van der Waals surface area contributed by atoms with E-state index in [2.05, 4.69) is 20.9 Å². The summed E-state index contributed by atoms with van der Waals surface area (Å²) in [6.07, 6.45) is 4.81. The summed E-state index contributed by atoms with van der Waals surface area (Å²) >= 11 is 6.42. The monoisotopic (exact) mass is 476 g/mol. The van der Waals surface area contributed by atoms with E-state index in [1.54, 1.807) is 25.3 Å². The number of carbonyl (C=O) groups is 1. The largest absolute Gasteiger partial charge is 0.381 e. The highest BCUT2D eigenvalue weighted by atomic mass is 35.5. The van der Waals surface area contributed by atoms with E-state index in [1.165, 1.54) is 12.3 Å². The van der Waals surface area contributed by atoms with Gasteiger partial charge in [-0.25, -0.2) is 9.37 Å². The van der Waals surface area contributed by atoms with E-state index in [-0.39, 0.29) is 23.2 Å². The van der Waals surface area contributed by atoms with Crippen LogP contribution in [0.3, 0.4) is 0 Å². The summed E-state index contributed by atoms with van der Waals surface area (Å²) in [5.74, 6) is -0.0877. The van der Waals surface area contributed by atoms with Crippen LogP contribution in [0.15, 0.2) is 30.5 Å². The number of hydrogen-bond donors (Lipinski definition) is 3. The molecule has 3 N–H and O–H groups in total. The molecule has 9 heteroatoms. The molecule has 33 heavy (non-hydrogen) atoms. The normalized spacial score (nSPS) is 20.3. The lowest BCUT2D eigenvalue weighted by molar-refractivity contribution is -0.120. The Labute approximate surface area is 198 Å². The Bertz CT molecular complexity index is 978. The average molecular weight is 477 g/mol. The maximum Gasteiger partial charge on any atom is 0.229 e. The maximum absolute atomic E-state index is 14.6. The van der Waals surface area contributed by atoms with E-state index < -0.39 is 0 Å². The lowest BCUT2D eigenvalue weighted by atomic mass is 9.94. The van der Waals surface area contributed by atoms with Gasteiger partial charge >= 0.3 is 0 Å². The second kappa shape index (κ2) is 10.8. The third kappa shape index (κ3) is 5.81.